The zero-order valence-electron chi connectivity index (χ0n) is 20.7. The number of esters is 1. The molecular formula is C28H28N2O7. The third-order valence-electron chi connectivity index (χ3n) is 7.28. The van der Waals surface area contributed by atoms with E-state index in [0.29, 0.717) is 33.9 Å². The first-order chi connectivity index (χ1) is 17.9. The van der Waals surface area contributed by atoms with Gasteiger partial charge in [0, 0.05) is 16.1 Å². The SMILES string of the molecule is CCOC(=O)C1NC(c2ccc(OC)cc2)C2([N+](=O)[O-])C(c3ccc(OC)cc3)Oc3ccccc3C12. The molecule has 3 aromatic carbocycles. The van der Waals surface area contributed by atoms with Crippen LogP contribution in [-0.4, -0.2) is 43.3 Å². The van der Waals surface area contributed by atoms with Crippen molar-refractivity contribution in [1.82, 2.24) is 5.32 Å². The summed E-state index contributed by atoms with van der Waals surface area (Å²) in [5, 5.41) is 16.7. The summed E-state index contributed by atoms with van der Waals surface area (Å²) in [6, 6.07) is 19.4. The molecule has 2 aliphatic heterocycles. The standard InChI is InChI=1S/C28H28N2O7/c1-4-36-27(31)24-23-21-7-5-6-8-22(21)37-26(18-11-15-20(35-3)16-12-18)28(23,30(32)33)25(29-24)17-9-13-19(34-2)14-10-17/h5-16,23-26,29H,4H2,1-3H3. The van der Waals surface area contributed by atoms with E-state index in [1.807, 2.05) is 6.07 Å². The quantitative estimate of drug-likeness (QED) is 0.290. The van der Waals surface area contributed by atoms with Crippen LogP contribution < -0.4 is 19.5 Å². The van der Waals surface area contributed by atoms with Crippen molar-refractivity contribution in [2.75, 3.05) is 20.8 Å². The molecular weight excluding hydrogens is 476 g/mol. The Bertz CT molecular complexity index is 1290. The summed E-state index contributed by atoms with van der Waals surface area (Å²) in [5.41, 5.74) is 0.0396. The molecule has 0 aromatic heterocycles. The highest BCUT2D eigenvalue weighted by Crippen LogP contribution is 2.60. The number of nitro groups is 1. The second kappa shape index (κ2) is 9.74. The van der Waals surface area contributed by atoms with Gasteiger partial charge in [-0.2, -0.15) is 0 Å². The highest BCUT2D eigenvalue weighted by atomic mass is 16.6. The van der Waals surface area contributed by atoms with E-state index in [9.17, 15) is 14.9 Å². The number of hydrogen-bond acceptors (Lipinski definition) is 8. The summed E-state index contributed by atoms with van der Waals surface area (Å²) < 4.78 is 22.5. The molecule has 0 aliphatic carbocycles. The fraction of sp³-hybridized carbons (Fsp3) is 0.321. The molecule has 1 N–H and O–H groups in total. The third kappa shape index (κ3) is 3.86. The van der Waals surface area contributed by atoms with Crippen LogP contribution >= 0.6 is 0 Å². The first-order valence-corrected chi connectivity index (χ1v) is 12.1. The highest BCUT2D eigenvalue weighted by molar-refractivity contribution is 5.79. The number of nitrogens with zero attached hydrogens (tertiary/aromatic N) is 1. The molecule has 0 saturated carbocycles. The predicted octanol–water partition coefficient (Wildman–Crippen LogP) is 4.21. The van der Waals surface area contributed by atoms with Gasteiger partial charge in [-0.1, -0.05) is 42.5 Å². The second-order valence-electron chi connectivity index (χ2n) is 9.03. The number of nitrogens with one attached hydrogen (secondary N) is 1. The molecule has 1 fully saturated rings. The maximum Gasteiger partial charge on any atom is 0.324 e. The number of benzene rings is 3. The van der Waals surface area contributed by atoms with Gasteiger partial charge in [0.1, 0.15) is 29.3 Å². The fourth-order valence-electron chi connectivity index (χ4n) is 5.69. The molecule has 1 saturated heterocycles. The van der Waals surface area contributed by atoms with Crippen LogP contribution in [0.25, 0.3) is 0 Å². The zero-order chi connectivity index (χ0) is 26.2. The van der Waals surface area contributed by atoms with Crippen LogP contribution in [0.15, 0.2) is 72.8 Å². The average molecular weight is 505 g/mol. The number of hydrogen-bond donors (Lipinski definition) is 1. The Kier molecular flexibility index (Phi) is 6.47. The Hall–Kier alpha value is -4.11. The summed E-state index contributed by atoms with van der Waals surface area (Å²) in [4.78, 5) is 26.4. The minimum atomic E-state index is -1.78. The minimum absolute atomic E-state index is 0.155. The van der Waals surface area contributed by atoms with Crippen molar-refractivity contribution in [2.45, 2.75) is 36.6 Å². The maximum absolute atomic E-state index is 13.4. The molecule has 192 valence electrons. The second-order valence-corrected chi connectivity index (χ2v) is 9.03. The van der Waals surface area contributed by atoms with Gasteiger partial charge in [-0.15, -0.1) is 0 Å². The summed E-state index contributed by atoms with van der Waals surface area (Å²) in [5.74, 6) is 0.322. The van der Waals surface area contributed by atoms with Gasteiger partial charge in [-0.3, -0.25) is 20.2 Å². The van der Waals surface area contributed by atoms with Gasteiger partial charge in [0.05, 0.1) is 26.7 Å². The normalized spacial score (nSPS) is 25.8. The summed E-state index contributed by atoms with van der Waals surface area (Å²) in [7, 11) is 3.11. The molecule has 2 aliphatic rings. The Labute approximate surface area is 214 Å². The smallest absolute Gasteiger partial charge is 0.324 e. The van der Waals surface area contributed by atoms with Gasteiger partial charge in [-0.05, 0) is 42.8 Å². The zero-order valence-corrected chi connectivity index (χ0v) is 20.7. The van der Waals surface area contributed by atoms with E-state index in [-0.39, 0.29) is 11.5 Å². The average Bonchev–Trinajstić information content (AvgIpc) is 3.31. The van der Waals surface area contributed by atoms with E-state index in [1.54, 1.807) is 87.9 Å². The summed E-state index contributed by atoms with van der Waals surface area (Å²) in [6.07, 6.45) is -1.02. The van der Waals surface area contributed by atoms with E-state index in [2.05, 4.69) is 5.32 Å². The first kappa shape index (κ1) is 24.6. The number of para-hydroxylation sites is 1. The Morgan fingerprint density at radius 1 is 0.973 bits per heavy atom. The van der Waals surface area contributed by atoms with E-state index >= 15 is 0 Å². The highest BCUT2D eigenvalue weighted by Gasteiger charge is 2.74. The fourth-order valence-corrected chi connectivity index (χ4v) is 5.69. The first-order valence-electron chi connectivity index (χ1n) is 12.1. The number of rotatable bonds is 7. The molecule has 9 heteroatoms. The molecule has 5 atom stereocenters. The van der Waals surface area contributed by atoms with Crippen LogP contribution in [0.5, 0.6) is 17.2 Å². The number of ether oxygens (including phenoxy) is 4. The lowest BCUT2D eigenvalue weighted by atomic mass is 9.67. The Morgan fingerprint density at radius 3 is 2.14 bits per heavy atom. The molecule has 0 amide bonds. The molecule has 5 unspecified atom stereocenters. The minimum Gasteiger partial charge on any atom is -0.497 e. The topological polar surface area (TPSA) is 109 Å². The van der Waals surface area contributed by atoms with Crippen LogP contribution in [0.4, 0.5) is 0 Å². The van der Waals surface area contributed by atoms with Crippen LogP contribution in [0.3, 0.4) is 0 Å². The Balaban J connectivity index is 1.77. The molecule has 5 rings (SSSR count). The Morgan fingerprint density at radius 2 is 1.57 bits per heavy atom. The molecule has 3 aromatic rings. The predicted molar refractivity (Wildman–Crippen MR) is 135 cm³/mol. The van der Waals surface area contributed by atoms with Gasteiger partial charge in [0.2, 0.25) is 0 Å². The van der Waals surface area contributed by atoms with E-state index in [1.165, 1.54) is 0 Å². The molecule has 0 bridgehead atoms. The third-order valence-corrected chi connectivity index (χ3v) is 7.28. The number of fused-ring (bicyclic) bond motifs is 3. The van der Waals surface area contributed by atoms with Crippen molar-refractivity contribution in [1.29, 1.82) is 0 Å². The molecule has 9 nitrogen and oxygen atoms in total. The van der Waals surface area contributed by atoms with Crippen molar-refractivity contribution < 1.29 is 28.7 Å². The number of methoxy groups -OCH3 is 2. The van der Waals surface area contributed by atoms with E-state index in [0.717, 1.165) is 0 Å². The summed E-state index contributed by atoms with van der Waals surface area (Å²) in [6.45, 7) is 1.87. The van der Waals surface area contributed by atoms with Gasteiger partial charge in [-0.25, -0.2) is 0 Å². The lowest BCUT2D eigenvalue weighted by molar-refractivity contribution is -0.591. The van der Waals surface area contributed by atoms with Gasteiger partial charge in [0.25, 0.3) is 5.54 Å². The molecule has 0 spiro atoms. The van der Waals surface area contributed by atoms with Crippen molar-refractivity contribution in [2.24, 2.45) is 0 Å². The lowest BCUT2D eigenvalue weighted by Gasteiger charge is -2.42. The monoisotopic (exact) mass is 504 g/mol. The van der Waals surface area contributed by atoms with Crippen LogP contribution in [0, 0.1) is 10.1 Å². The molecule has 0 radical (unpaired) electrons. The lowest BCUT2D eigenvalue weighted by Crippen LogP contribution is -2.56. The van der Waals surface area contributed by atoms with Crippen molar-refractivity contribution in [3.63, 3.8) is 0 Å². The van der Waals surface area contributed by atoms with Crippen LogP contribution in [0.1, 0.15) is 41.7 Å². The number of carbonyl (C=O) groups is 1. The van der Waals surface area contributed by atoms with Crippen LogP contribution in [-0.2, 0) is 9.53 Å². The van der Waals surface area contributed by atoms with Gasteiger partial charge < -0.3 is 18.9 Å². The molecule has 37 heavy (non-hydrogen) atoms. The van der Waals surface area contributed by atoms with E-state index in [4.69, 9.17) is 18.9 Å². The summed E-state index contributed by atoms with van der Waals surface area (Å²) >= 11 is 0. The van der Waals surface area contributed by atoms with Crippen LogP contribution in [0.2, 0.25) is 0 Å². The van der Waals surface area contributed by atoms with Crippen molar-refractivity contribution in [3.05, 3.63) is 99.6 Å². The van der Waals surface area contributed by atoms with Crippen molar-refractivity contribution in [3.8, 4) is 17.2 Å². The van der Waals surface area contributed by atoms with E-state index < -0.39 is 35.6 Å². The number of carbonyl (C=O) groups excluding carboxylic acids is 1. The molecule has 2 heterocycles. The van der Waals surface area contributed by atoms with Gasteiger partial charge in [0.15, 0.2) is 6.10 Å². The largest absolute Gasteiger partial charge is 0.497 e. The van der Waals surface area contributed by atoms with Crippen molar-refractivity contribution >= 4 is 5.97 Å². The maximum atomic E-state index is 13.4. The van der Waals surface area contributed by atoms with Gasteiger partial charge >= 0.3 is 5.97 Å².